The van der Waals surface area contributed by atoms with E-state index in [-0.39, 0.29) is 0 Å². The Morgan fingerprint density at radius 3 is 2.73 bits per heavy atom. The number of rotatable bonds is 6. The smallest absolute Gasteiger partial charge is 0.119 e. The zero-order valence-electron chi connectivity index (χ0n) is 13.0. The predicted molar refractivity (Wildman–Crippen MR) is 91.4 cm³/mol. The molecule has 3 rings (SSSR count). The summed E-state index contributed by atoms with van der Waals surface area (Å²) in [6.07, 6.45) is 4.16. The van der Waals surface area contributed by atoms with Gasteiger partial charge >= 0.3 is 0 Å². The Kier molecular flexibility index (Phi) is 4.45. The van der Waals surface area contributed by atoms with Gasteiger partial charge < -0.3 is 15.0 Å². The van der Waals surface area contributed by atoms with Crippen LogP contribution in [0.3, 0.4) is 0 Å². The fourth-order valence-corrected chi connectivity index (χ4v) is 2.94. The first-order valence-electron chi connectivity index (χ1n) is 7.71. The number of nitrogens with two attached hydrogens (primary N) is 1. The second-order valence-corrected chi connectivity index (χ2v) is 5.51. The van der Waals surface area contributed by atoms with Crippen molar-refractivity contribution in [2.24, 2.45) is 5.73 Å². The second kappa shape index (κ2) is 6.67. The highest BCUT2D eigenvalue weighted by Gasteiger charge is 2.07. The summed E-state index contributed by atoms with van der Waals surface area (Å²) in [6, 6.07) is 16.8. The zero-order chi connectivity index (χ0) is 15.4. The van der Waals surface area contributed by atoms with Crippen LogP contribution in [0.2, 0.25) is 0 Å². The first-order valence-corrected chi connectivity index (χ1v) is 7.71. The Labute approximate surface area is 131 Å². The molecule has 0 aliphatic rings. The van der Waals surface area contributed by atoms with Crippen LogP contribution in [0.15, 0.2) is 54.7 Å². The second-order valence-electron chi connectivity index (χ2n) is 5.51. The largest absolute Gasteiger partial charge is 0.497 e. The van der Waals surface area contributed by atoms with Crippen LogP contribution in [-0.4, -0.2) is 18.2 Å². The molecule has 0 saturated carbocycles. The summed E-state index contributed by atoms with van der Waals surface area (Å²) in [7, 11) is 1.71. The molecule has 3 aromatic rings. The molecule has 114 valence electrons. The number of ether oxygens (including phenoxy) is 1. The number of methoxy groups -OCH3 is 1. The maximum atomic E-state index is 5.73. The number of nitrogens with zero attached hydrogens (tertiary/aromatic N) is 1. The van der Waals surface area contributed by atoms with Gasteiger partial charge in [-0.1, -0.05) is 30.3 Å². The Balaban J connectivity index is 1.84. The fraction of sp³-hybridized carbons (Fsp3) is 0.263. The van der Waals surface area contributed by atoms with E-state index in [9.17, 15) is 0 Å². The Bertz CT molecular complexity index is 761. The summed E-state index contributed by atoms with van der Waals surface area (Å²) in [4.78, 5) is 0. The van der Waals surface area contributed by atoms with E-state index in [1.54, 1.807) is 7.11 Å². The van der Waals surface area contributed by atoms with Crippen LogP contribution in [0.1, 0.15) is 11.1 Å². The molecule has 0 unspecified atom stereocenters. The molecule has 0 amide bonds. The Hall–Kier alpha value is -2.26. The van der Waals surface area contributed by atoms with Gasteiger partial charge in [-0.15, -0.1) is 0 Å². The van der Waals surface area contributed by atoms with Gasteiger partial charge in [0.05, 0.1) is 7.11 Å². The van der Waals surface area contributed by atoms with E-state index in [1.165, 1.54) is 22.0 Å². The summed E-state index contributed by atoms with van der Waals surface area (Å²) >= 11 is 0. The maximum absolute atomic E-state index is 5.73. The van der Waals surface area contributed by atoms with E-state index in [2.05, 4.69) is 47.2 Å². The van der Waals surface area contributed by atoms with Crippen molar-refractivity contribution in [1.82, 2.24) is 4.57 Å². The molecule has 2 N–H and O–H groups in total. The lowest BCUT2D eigenvalue weighted by atomic mass is 10.1. The third-order valence-corrected chi connectivity index (χ3v) is 4.06. The molecule has 0 aliphatic carbocycles. The van der Waals surface area contributed by atoms with Gasteiger partial charge in [0.25, 0.3) is 0 Å². The van der Waals surface area contributed by atoms with Crippen molar-refractivity contribution in [3.05, 3.63) is 65.9 Å². The van der Waals surface area contributed by atoms with Gasteiger partial charge in [-0.05, 0) is 48.7 Å². The van der Waals surface area contributed by atoms with Crippen LogP contribution < -0.4 is 10.5 Å². The van der Waals surface area contributed by atoms with Gasteiger partial charge in [-0.25, -0.2) is 0 Å². The molecule has 22 heavy (non-hydrogen) atoms. The average molecular weight is 294 g/mol. The zero-order valence-corrected chi connectivity index (χ0v) is 13.0. The van der Waals surface area contributed by atoms with E-state index in [0.29, 0.717) is 6.54 Å². The minimum absolute atomic E-state index is 0.684. The monoisotopic (exact) mass is 294 g/mol. The SMILES string of the molecule is COc1cccc(CCn2cc(CCN)c3ccccc32)c1. The van der Waals surface area contributed by atoms with Crippen molar-refractivity contribution in [3.8, 4) is 5.75 Å². The average Bonchev–Trinajstić information content (AvgIpc) is 2.92. The van der Waals surface area contributed by atoms with Gasteiger partial charge in [0, 0.05) is 23.6 Å². The molecule has 1 heterocycles. The van der Waals surface area contributed by atoms with E-state index in [0.717, 1.165) is 25.1 Å². The van der Waals surface area contributed by atoms with Crippen LogP contribution in [0.25, 0.3) is 10.9 Å². The molecule has 2 aromatic carbocycles. The molecule has 0 aliphatic heterocycles. The highest BCUT2D eigenvalue weighted by molar-refractivity contribution is 5.84. The highest BCUT2D eigenvalue weighted by Crippen LogP contribution is 2.22. The van der Waals surface area contributed by atoms with E-state index < -0.39 is 0 Å². The molecule has 1 aromatic heterocycles. The molecule has 3 nitrogen and oxygen atoms in total. The topological polar surface area (TPSA) is 40.2 Å². The number of aryl methyl sites for hydroxylation is 2. The van der Waals surface area contributed by atoms with Crippen molar-refractivity contribution in [1.29, 1.82) is 0 Å². The lowest BCUT2D eigenvalue weighted by molar-refractivity contribution is 0.414. The summed E-state index contributed by atoms with van der Waals surface area (Å²) in [6.45, 7) is 1.64. The molecule has 0 fully saturated rings. The predicted octanol–water partition coefficient (Wildman–Crippen LogP) is 3.39. The molecule has 0 spiro atoms. The summed E-state index contributed by atoms with van der Waals surface area (Å²) in [5, 5.41) is 1.32. The number of fused-ring (bicyclic) bond motifs is 1. The van der Waals surface area contributed by atoms with E-state index >= 15 is 0 Å². The van der Waals surface area contributed by atoms with Crippen molar-refractivity contribution in [2.75, 3.05) is 13.7 Å². The molecule has 0 saturated heterocycles. The first-order chi connectivity index (χ1) is 10.8. The van der Waals surface area contributed by atoms with Gasteiger partial charge in [-0.3, -0.25) is 0 Å². The lowest BCUT2D eigenvalue weighted by Crippen LogP contribution is -2.02. The highest BCUT2D eigenvalue weighted by atomic mass is 16.5. The standard InChI is InChI=1S/C19H22N2O/c1-22-17-6-4-5-15(13-17)10-12-21-14-16(9-11-20)18-7-2-3-8-19(18)21/h2-8,13-14H,9-12,20H2,1H3. The molecular weight excluding hydrogens is 272 g/mol. The third-order valence-electron chi connectivity index (χ3n) is 4.06. The van der Waals surface area contributed by atoms with Crippen molar-refractivity contribution in [3.63, 3.8) is 0 Å². The number of aromatic nitrogens is 1. The van der Waals surface area contributed by atoms with Gasteiger partial charge in [0.15, 0.2) is 0 Å². The lowest BCUT2D eigenvalue weighted by Gasteiger charge is -2.07. The summed E-state index contributed by atoms with van der Waals surface area (Å²) in [5.74, 6) is 0.915. The molecule has 3 heteroatoms. The fourth-order valence-electron chi connectivity index (χ4n) is 2.94. The molecule has 0 radical (unpaired) electrons. The quantitative estimate of drug-likeness (QED) is 0.757. The van der Waals surface area contributed by atoms with Crippen molar-refractivity contribution in [2.45, 2.75) is 19.4 Å². The number of para-hydroxylation sites is 1. The van der Waals surface area contributed by atoms with Crippen LogP contribution >= 0.6 is 0 Å². The number of benzene rings is 2. The van der Waals surface area contributed by atoms with E-state index in [1.807, 2.05) is 12.1 Å². The minimum Gasteiger partial charge on any atom is -0.497 e. The van der Waals surface area contributed by atoms with Crippen LogP contribution in [0.4, 0.5) is 0 Å². The van der Waals surface area contributed by atoms with Gasteiger partial charge in [-0.2, -0.15) is 0 Å². The van der Waals surface area contributed by atoms with Crippen molar-refractivity contribution >= 4 is 10.9 Å². The number of hydrogen-bond donors (Lipinski definition) is 1. The Morgan fingerprint density at radius 2 is 1.91 bits per heavy atom. The van der Waals surface area contributed by atoms with Crippen molar-refractivity contribution < 1.29 is 4.74 Å². The van der Waals surface area contributed by atoms with Crippen LogP contribution in [0.5, 0.6) is 5.75 Å². The molecule has 0 atom stereocenters. The van der Waals surface area contributed by atoms with Gasteiger partial charge in [0.2, 0.25) is 0 Å². The maximum Gasteiger partial charge on any atom is 0.119 e. The van der Waals surface area contributed by atoms with Gasteiger partial charge in [0.1, 0.15) is 5.75 Å². The summed E-state index contributed by atoms with van der Waals surface area (Å²) in [5.41, 5.74) is 9.65. The van der Waals surface area contributed by atoms with E-state index in [4.69, 9.17) is 10.5 Å². The molecular formula is C19H22N2O. The molecule has 0 bridgehead atoms. The first kappa shape index (κ1) is 14.7. The minimum atomic E-state index is 0.684. The number of hydrogen-bond acceptors (Lipinski definition) is 2. The van der Waals surface area contributed by atoms with Crippen LogP contribution in [-0.2, 0) is 19.4 Å². The summed E-state index contributed by atoms with van der Waals surface area (Å²) < 4.78 is 7.63. The Morgan fingerprint density at radius 1 is 1.05 bits per heavy atom. The van der Waals surface area contributed by atoms with Crippen LogP contribution in [0, 0.1) is 0 Å². The third kappa shape index (κ3) is 3.00. The normalized spacial score (nSPS) is 11.0.